The summed E-state index contributed by atoms with van der Waals surface area (Å²) in [6.45, 7) is 1.97. The summed E-state index contributed by atoms with van der Waals surface area (Å²) >= 11 is 0. The number of hydrogen-bond donors (Lipinski definition) is 1. The van der Waals surface area contributed by atoms with E-state index in [0.717, 1.165) is 25.2 Å². The first-order chi connectivity index (χ1) is 8.42. The fraction of sp³-hybridized carbons (Fsp3) is 1.00. The Labute approximate surface area is 107 Å². The van der Waals surface area contributed by atoms with E-state index in [0.29, 0.717) is 0 Å². The largest absolute Gasteiger partial charge is 0.329 e. The standard InChI is InChI=1S/C15H30N2/c16-12-13-17(15-10-6-3-7-11-15)14-8-4-1-2-5-9-14/h14-15H,1-13,16H2. The van der Waals surface area contributed by atoms with E-state index >= 15 is 0 Å². The molecule has 2 nitrogen and oxygen atoms in total. The molecule has 0 aliphatic heterocycles. The summed E-state index contributed by atoms with van der Waals surface area (Å²) in [5.74, 6) is 0. The van der Waals surface area contributed by atoms with Gasteiger partial charge in [-0.15, -0.1) is 0 Å². The van der Waals surface area contributed by atoms with E-state index in [-0.39, 0.29) is 0 Å². The second-order valence-corrected chi connectivity index (χ2v) is 5.96. The van der Waals surface area contributed by atoms with Gasteiger partial charge in [0.2, 0.25) is 0 Å². The molecule has 0 bridgehead atoms. The van der Waals surface area contributed by atoms with Crippen molar-refractivity contribution in [1.82, 2.24) is 4.90 Å². The van der Waals surface area contributed by atoms with Gasteiger partial charge in [0.15, 0.2) is 0 Å². The minimum atomic E-state index is 0.840. The zero-order chi connectivity index (χ0) is 11.9. The van der Waals surface area contributed by atoms with Crippen molar-refractivity contribution >= 4 is 0 Å². The Kier molecular flexibility index (Phi) is 5.79. The van der Waals surface area contributed by atoms with Crippen LogP contribution in [0, 0.1) is 0 Å². The van der Waals surface area contributed by atoms with Crippen LogP contribution in [0.1, 0.15) is 70.6 Å². The molecule has 2 N–H and O–H groups in total. The molecule has 100 valence electrons. The summed E-state index contributed by atoms with van der Waals surface area (Å²) in [6, 6.07) is 1.71. The fourth-order valence-electron chi connectivity index (χ4n) is 3.81. The summed E-state index contributed by atoms with van der Waals surface area (Å²) in [6.07, 6.45) is 15.8. The van der Waals surface area contributed by atoms with Gasteiger partial charge in [-0.25, -0.2) is 0 Å². The van der Waals surface area contributed by atoms with Gasteiger partial charge in [0.1, 0.15) is 0 Å². The Hall–Kier alpha value is -0.0800. The minimum Gasteiger partial charge on any atom is -0.329 e. The molecule has 0 heterocycles. The lowest BCUT2D eigenvalue weighted by Crippen LogP contribution is -2.46. The second-order valence-electron chi connectivity index (χ2n) is 5.96. The lowest BCUT2D eigenvalue weighted by molar-refractivity contribution is 0.0974. The van der Waals surface area contributed by atoms with Gasteiger partial charge in [0.05, 0.1) is 0 Å². The molecule has 2 fully saturated rings. The molecule has 0 saturated heterocycles. The van der Waals surface area contributed by atoms with Crippen LogP contribution in [-0.4, -0.2) is 30.1 Å². The normalized spacial score (nSPS) is 25.1. The first-order valence-corrected chi connectivity index (χ1v) is 7.87. The van der Waals surface area contributed by atoms with Gasteiger partial charge < -0.3 is 5.73 Å². The summed E-state index contributed by atoms with van der Waals surface area (Å²) in [5.41, 5.74) is 5.84. The third-order valence-corrected chi connectivity index (χ3v) is 4.72. The lowest BCUT2D eigenvalue weighted by atomic mass is 9.92. The highest BCUT2D eigenvalue weighted by atomic mass is 15.2. The maximum absolute atomic E-state index is 5.84. The van der Waals surface area contributed by atoms with Crippen molar-refractivity contribution in [3.63, 3.8) is 0 Å². The van der Waals surface area contributed by atoms with E-state index in [1.807, 2.05) is 0 Å². The fourth-order valence-corrected chi connectivity index (χ4v) is 3.81. The molecular formula is C15H30N2. The molecule has 0 unspecified atom stereocenters. The quantitative estimate of drug-likeness (QED) is 0.761. The van der Waals surface area contributed by atoms with E-state index in [9.17, 15) is 0 Å². The van der Waals surface area contributed by atoms with Crippen molar-refractivity contribution in [3.8, 4) is 0 Å². The average molecular weight is 238 g/mol. The van der Waals surface area contributed by atoms with Crippen LogP contribution in [0.25, 0.3) is 0 Å². The van der Waals surface area contributed by atoms with Gasteiger partial charge in [-0.05, 0) is 25.7 Å². The molecule has 0 aromatic carbocycles. The molecule has 17 heavy (non-hydrogen) atoms. The third-order valence-electron chi connectivity index (χ3n) is 4.72. The van der Waals surface area contributed by atoms with Gasteiger partial charge in [0.25, 0.3) is 0 Å². The van der Waals surface area contributed by atoms with E-state index in [4.69, 9.17) is 5.73 Å². The molecule has 0 amide bonds. The summed E-state index contributed by atoms with van der Waals surface area (Å²) in [5, 5.41) is 0. The van der Waals surface area contributed by atoms with Gasteiger partial charge in [-0.3, -0.25) is 4.90 Å². The Bertz CT molecular complexity index is 191. The van der Waals surface area contributed by atoms with Crippen LogP contribution < -0.4 is 5.73 Å². The van der Waals surface area contributed by atoms with Gasteiger partial charge in [-0.2, -0.15) is 0 Å². The molecule has 0 aromatic rings. The third kappa shape index (κ3) is 3.96. The zero-order valence-corrected chi connectivity index (χ0v) is 11.4. The Morgan fingerprint density at radius 3 is 1.53 bits per heavy atom. The van der Waals surface area contributed by atoms with E-state index in [1.54, 1.807) is 0 Å². The van der Waals surface area contributed by atoms with Crippen LogP contribution in [0.3, 0.4) is 0 Å². The van der Waals surface area contributed by atoms with Gasteiger partial charge in [-0.1, -0.05) is 44.9 Å². The highest BCUT2D eigenvalue weighted by Gasteiger charge is 2.27. The topological polar surface area (TPSA) is 29.3 Å². The maximum atomic E-state index is 5.84. The first-order valence-electron chi connectivity index (χ1n) is 7.87. The van der Waals surface area contributed by atoms with Crippen LogP contribution >= 0.6 is 0 Å². The minimum absolute atomic E-state index is 0.840. The number of hydrogen-bond acceptors (Lipinski definition) is 2. The Morgan fingerprint density at radius 2 is 1.12 bits per heavy atom. The van der Waals surface area contributed by atoms with Crippen molar-refractivity contribution in [3.05, 3.63) is 0 Å². The molecule has 2 heteroatoms. The van der Waals surface area contributed by atoms with Crippen LogP contribution in [0.15, 0.2) is 0 Å². The molecule has 2 aliphatic carbocycles. The number of rotatable bonds is 4. The number of nitrogens with zero attached hydrogens (tertiary/aromatic N) is 1. The smallest absolute Gasteiger partial charge is 0.0110 e. The highest BCUT2D eigenvalue weighted by Crippen LogP contribution is 2.29. The maximum Gasteiger partial charge on any atom is 0.0110 e. The SMILES string of the molecule is NCCN(C1CCCCCC1)C1CCCCC1. The zero-order valence-electron chi connectivity index (χ0n) is 11.4. The molecule has 2 rings (SSSR count). The molecule has 0 atom stereocenters. The van der Waals surface area contributed by atoms with E-state index in [2.05, 4.69) is 4.90 Å². The Morgan fingerprint density at radius 1 is 0.706 bits per heavy atom. The van der Waals surface area contributed by atoms with Gasteiger partial charge in [0, 0.05) is 25.2 Å². The van der Waals surface area contributed by atoms with Crippen LogP contribution in [0.5, 0.6) is 0 Å². The molecule has 2 aliphatic rings. The van der Waals surface area contributed by atoms with Crippen LogP contribution in [-0.2, 0) is 0 Å². The summed E-state index contributed by atoms with van der Waals surface area (Å²) in [4.78, 5) is 2.80. The summed E-state index contributed by atoms with van der Waals surface area (Å²) < 4.78 is 0. The second kappa shape index (κ2) is 7.38. The molecule has 2 saturated carbocycles. The monoisotopic (exact) mass is 238 g/mol. The van der Waals surface area contributed by atoms with Crippen molar-refractivity contribution in [2.24, 2.45) is 5.73 Å². The Balaban J connectivity index is 1.93. The number of nitrogens with two attached hydrogens (primary N) is 1. The average Bonchev–Trinajstić information content (AvgIpc) is 2.66. The molecular weight excluding hydrogens is 208 g/mol. The molecule has 0 aromatic heterocycles. The molecule has 0 radical (unpaired) electrons. The van der Waals surface area contributed by atoms with Crippen molar-refractivity contribution < 1.29 is 0 Å². The van der Waals surface area contributed by atoms with E-state index < -0.39 is 0 Å². The lowest BCUT2D eigenvalue weighted by Gasteiger charge is -2.39. The van der Waals surface area contributed by atoms with Crippen molar-refractivity contribution in [2.45, 2.75) is 82.7 Å². The van der Waals surface area contributed by atoms with Gasteiger partial charge >= 0.3 is 0 Å². The van der Waals surface area contributed by atoms with Crippen molar-refractivity contribution in [2.75, 3.05) is 13.1 Å². The predicted molar refractivity (Wildman–Crippen MR) is 74.1 cm³/mol. The first kappa shape index (κ1) is 13.4. The van der Waals surface area contributed by atoms with Crippen molar-refractivity contribution in [1.29, 1.82) is 0 Å². The predicted octanol–water partition coefficient (Wildman–Crippen LogP) is 3.30. The van der Waals surface area contributed by atoms with Crippen LogP contribution in [0.4, 0.5) is 0 Å². The highest BCUT2D eigenvalue weighted by molar-refractivity contribution is 4.83. The summed E-state index contributed by atoms with van der Waals surface area (Å²) in [7, 11) is 0. The molecule has 0 spiro atoms. The van der Waals surface area contributed by atoms with Crippen LogP contribution in [0.2, 0.25) is 0 Å². The van der Waals surface area contributed by atoms with E-state index in [1.165, 1.54) is 70.6 Å².